The molecule has 2 N–H and O–H groups in total. The third-order valence-corrected chi connectivity index (χ3v) is 4.85. The number of thiazole rings is 1. The summed E-state index contributed by atoms with van der Waals surface area (Å²) in [6.45, 7) is 1.86. The van der Waals surface area contributed by atoms with Crippen LogP contribution in [0.25, 0.3) is 20.9 Å². The lowest BCUT2D eigenvalue weighted by Crippen LogP contribution is -2.15. The van der Waals surface area contributed by atoms with Crippen LogP contribution in [0.1, 0.15) is 16.1 Å². The summed E-state index contributed by atoms with van der Waals surface area (Å²) < 4.78 is 1.01. The number of anilines is 1. The minimum atomic E-state index is -0.452. The molecule has 0 aliphatic heterocycles. The van der Waals surface area contributed by atoms with Crippen LogP contribution in [-0.2, 0) is 0 Å². The molecule has 0 saturated carbocycles. The number of phenolic OH excluding ortho intramolecular Hbond substituents is 1. The number of carbonyl (C=O) groups is 1. The second kappa shape index (κ2) is 6.53. The fraction of sp³-hybridized carbons (Fsp3) is 0.0526. The van der Waals surface area contributed by atoms with Crippen LogP contribution in [-0.4, -0.2) is 26.0 Å². The topological polar surface area (TPSA) is 88.0 Å². The summed E-state index contributed by atoms with van der Waals surface area (Å²) in [5.41, 5.74) is 2.64. The van der Waals surface area contributed by atoms with Crippen molar-refractivity contribution < 1.29 is 9.90 Å². The van der Waals surface area contributed by atoms with E-state index in [-0.39, 0.29) is 11.4 Å². The van der Waals surface area contributed by atoms with Crippen LogP contribution < -0.4 is 5.32 Å². The number of fused-ring (bicyclic) bond motifs is 1. The van der Waals surface area contributed by atoms with Crippen LogP contribution in [0.5, 0.6) is 5.75 Å². The Morgan fingerprint density at radius 1 is 1.12 bits per heavy atom. The lowest BCUT2D eigenvalue weighted by atomic mass is 10.2. The van der Waals surface area contributed by atoms with Crippen LogP contribution in [0.3, 0.4) is 0 Å². The van der Waals surface area contributed by atoms with E-state index >= 15 is 0 Å². The molecule has 0 bridgehead atoms. The van der Waals surface area contributed by atoms with E-state index in [1.165, 1.54) is 23.7 Å². The van der Waals surface area contributed by atoms with Crippen molar-refractivity contribution >= 4 is 33.1 Å². The molecule has 0 aliphatic carbocycles. The first kappa shape index (κ1) is 16.2. The first-order chi connectivity index (χ1) is 12.6. The number of benzene rings is 2. The minimum Gasteiger partial charge on any atom is -0.506 e. The summed E-state index contributed by atoms with van der Waals surface area (Å²) in [6.07, 6.45) is 2.99. The molecule has 0 saturated heterocycles. The average Bonchev–Trinajstić information content (AvgIpc) is 3.08. The van der Waals surface area contributed by atoms with Crippen LogP contribution in [0.4, 0.5) is 5.69 Å². The van der Waals surface area contributed by atoms with Gasteiger partial charge in [0.2, 0.25) is 0 Å². The molecule has 0 unspecified atom stereocenters. The number of phenols is 1. The van der Waals surface area contributed by atoms with Crippen molar-refractivity contribution in [1.29, 1.82) is 0 Å². The molecular formula is C19H14N4O2S. The quantitative estimate of drug-likeness (QED) is 0.538. The molecule has 2 aromatic carbocycles. The van der Waals surface area contributed by atoms with Crippen LogP contribution in [0, 0.1) is 6.92 Å². The maximum atomic E-state index is 12.7. The lowest BCUT2D eigenvalue weighted by molar-refractivity contribution is 0.102. The highest BCUT2D eigenvalue weighted by Crippen LogP contribution is 2.31. The van der Waals surface area contributed by atoms with Crippen LogP contribution >= 0.6 is 11.3 Å². The van der Waals surface area contributed by atoms with E-state index < -0.39 is 5.91 Å². The van der Waals surface area contributed by atoms with Gasteiger partial charge in [-0.05, 0) is 36.8 Å². The first-order valence-corrected chi connectivity index (χ1v) is 8.71. The Kier molecular flexibility index (Phi) is 4.06. The van der Waals surface area contributed by atoms with Gasteiger partial charge >= 0.3 is 0 Å². The third-order valence-electron chi connectivity index (χ3n) is 3.81. The summed E-state index contributed by atoms with van der Waals surface area (Å²) in [5.74, 6) is -0.449. The highest BCUT2D eigenvalue weighted by Gasteiger charge is 2.19. The number of nitrogens with zero attached hydrogens (tertiary/aromatic N) is 3. The number of carbonyl (C=O) groups excluding carboxylic acids is 1. The van der Waals surface area contributed by atoms with Gasteiger partial charge in [0, 0.05) is 12.4 Å². The minimum absolute atomic E-state index is 0.00350. The van der Waals surface area contributed by atoms with E-state index in [2.05, 4.69) is 20.3 Å². The average molecular weight is 362 g/mol. The van der Waals surface area contributed by atoms with Gasteiger partial charge in [0.1, 0.15) is 16.5 Å². The van der Waals surface area contributed by atoms with Crippen molar-refractivity contribution in [3.63, 3.8) is 0 Å². The SMILES string of the molecule is Cc1ccc(NC(=O)c2nccnc2-c2nc3ccccc3s2)c(O)c1. The van der Waals surface area contributed by atoms with Gasteiger partial charge in [0.15, 0.2) is 5.69 Å². The fourth-order valence-electron chi connectivity index (χ4n) is 2.56. The molecule has 0 spiro atoms. The van der Waals surface area contributed by atoms with Gasteiger partial charge in [0.25, 0.3) is 5.91 Å². The van der Waals surface area contributed by atoms with E-state index in [0.29, 0.717) is 16.4 Å². The second-order valence-corrected chi connectivity index (χ2v) is 6.75. The predicted molar refractivity (Wildman–Crippen MR) is 101 cm³/mol. The maximum Gasteiger partial charge on any atom is 0.276 e. The zero-order chi connectivity index (χ0) is 18.1. The van der Waals surface area contributed by atoms with Gasteiger partial charge in [-0.25, -0.2) is 15.0 Å². The van der Waals surface area contributed by atoms with E-state index in [4.69, 9.17) is 0 Å². The first-order valence-electron chi connectivity index (χ1n) is 7.90. The largest absolute Gasteiger partial charge is 0.506 e. The van der Waals surface area contributed by atoms with E-state index in [9.17, 15) is 9.90 Å². The predicted octanol–water partition coefficient (Wildman–Crippen LogP) is 4.02. The molecule has 2 aromatic heterocycles. The summed E-state index contributed by atoms with van der Waals surface area (Å²) in [5, 5.41) is 13.3. The molecule has 7 heteroatoms. The Labute approximate surface area is 153 Å². The molecule has 0 radical (unpaired) electrons. The number of aromatic hydroxyl groups is 1. The van der Waals surface area contributed by atoms with Crippen molar-refractivity contribution in [3.8, 4) is 16.5 Å². The Morgan fingerprint density at radius 3 is 2.73 bits per heavy atom. The van der Waals surface area contributed by atoms with E-state index in [1.807, 2.05) is 31.2 Å². The maximum absolute atomic E-state index is 12.7. The second-order valence-electron chi connectivity index (χ2n) is 5.72. The molecule has 2 heterocycles. The van der Waals surface area contributed by atoms with Crippen molar-refractivity contribution in [1.82, 2.24) is 15.0 Å². The number of hydrogen-bond acceptors (Lipinski definition) is 6. The molecule has 6 nitrogen and oxygen atoms in total. The highest BCUT2D eigenvalue weighted by molar-refractivity contribution is 7.21. The zero-order valence-corrected chi connectivity index (χ0v) is 14.6. The van der Waals surface area contributed by atoms with E-state index in [0.717, 1.165) is 15.8 Å². The Morgan fingerprint density at radius 2 is 1.92 bits per heavy atom. The van der Waals surface area contributed by atoms with Crippen LogP contribution in [0.15, 0.2) is 54.9 Å². The standard InChI is InChI=1S/C19H14N4O2S/c1-11-6-7-12(14(24)10-11)22-18(25)16-17(21-9-8-20-16)19-23-13-4-2-3-5-15(13)26-19/h2-10,24H,1H3,(H,22,25). The highest BCUT2D eigenvalue weighted by atomic mass is 32.1. The molecule has 0 fully saturated rings. The van der Waals surface area contributed by atoms with Gasteiger partial charge in [-0.2, -0.15) is 0 Å². The van der Waals surface area contributed by atoms with Crippen LogP contribution in [0.2, 0.25) is 0 Å². The summed E-state index contributed by atoms with van der Waals surface area (Å²) in [4.78, 5) is 25.7. The number of para-hydroxylation sites is 1. The molecule has 4 aromatic rings. The number of aryl methyl sites for hydroxylation is 1. The Bertz CT molecular complexity index is 1090. The Hall–Kier alpha value is -3.32. The fourth-order valence-corrected chi connectivity index (χ4v) is 3.53. The van der Waals surface area contributed by atoms with Gasteiger partial charge in [-0.15, -0.1) is 11.3 Å². The number of aromatic nitrogens is 3. The number of rotatable bonds is 3. The molecule has 0 atom stereocenters. The molecule has 128 valence electrons. The Balaban J connectivity index is 1.72. The number of nitrogens with one attached hydrogen (secondary N) is 1. The summed E-state index contributed by atoms with van der Waals surface area (Å²) in [7, 11) is 0. The van der Waals surface area contributed by atoms with Crippen molar-refractivity contribution in [2.75, 3.05) is 5.32 Å². The zero-order valence-electron chi connectivity index (χ0n) is 13.8. The van der Waals surface area contributed by atoms with Gasteiger partial charge in [0.05, 0.1) is 15.9 Å². The molecular weight excluding hydrogens is 348 g/mol. The molecule has 1 amide bonds. The van der Waals surface area contributed by atoms with Gasteiger partial charge < -0.3 is 10.4 Å². The summed E-state index contributed by atoms with van der Waals surface area (Å²) >= 11 is 1.45. The van der Waals surface area contributed by atoms with Gasteiger partial charge in [-0.3, -0.25) is 4.79 Å². The van der Waals surface area contributed by atoms with Crippen molar-refractivity contribution in [2.45, 2.75) is 6.92 Å². The van der Waals surface area contributed by atoms with Crippen molar-refractivity contribution in [2.24, 2.45) is 0 Å². The monoisotopic (exact) mass is 362 g/mol. The van der Waals surface area contributed by atoms with Crippen molar-refractivity contribution in [3.05, 3.63) is 66.1 Å². The number of hydrogen-bond donors (Lipinski definition) is 2. The van der Waals surface area contributed by atoms with Gasteiger partial charge in [-0.1, -0.05) is 18.2 Å². The normalized spacial score (nSPS) is 10.8. The molecule has 0 aliphatic rings. The molecule has 26 heavy (non-hydrogen) atoms. The third kappa shape index (κ3) is 3.00. The number of amides is 1. The summed E-state index contributed by atoms with van der Waals surface area (Å²) in [6, 6.07) is 12.8. The smallest absolute Gasteiger partial charge is 0.276 e. The molecule has 4 rings (SSSR count). The van der Waals surface area contributed by atoms with E-state index in [1.54, 1.807) is 18.2 Å². The lowest BCUT2D eigenvalue weighted by Gasteiger charge is -2.09.